The molecule has 1 heterocycles. The molecule has 2 aromatic carbocycles. The van der Waals surface area contributed by atoms with Gasteiger partial charge in [-0.1, -0.05) is 0 Å². The van der Waals surface area contributed by atoms with Crippen molar-refractivity contribution in [3.05, 3.63) is 53.5 Å². The van der Waals surface area contributed by atoms with Crippen LogP contribution in [-0.2, 0) is 29.1 Å². The van der Waals surface area contributed by atoms with Crippen molar-refractivity contribution < 1.29 is 27.4 Å². The number of aryl methyl sites for hydroxylation is 2. The number of hydrogen-bond acceptors (Lipinski definition) is 4. The first kappa shape index (κ1) is 20.9. The van der Waals surface area contributed by atoms with Crippen LogP contribution in [0.25, 0.3) is 22.0 Å². The molecular weight excluding hydrogens is 385 g/mol. The summed E-state index contributed by atoms with van der Waals surface area (Å²) in [6.45, 7) is 0.346. The maximum atomic E-state index is 13.7. The summed E-state index contributed by atoms with van der Waals surface area (Å²) in [4.78, 5) is 16.4. The van der Waals surface area contributed by atoms with Crippen LogP contribution in [0, 0.1) is 0 Å². The van der Waals surface area contributed by atoms with E-state index in [9.17, 15) is 18.0 Å². The first-order chi connectivity index (χ1) is 13.8. The Morgan fingerprint density at radius 1 is 1.17 bits per heavy atom. The third-order valence-electron chi connectivity index (χ3n) is 4.79. The van der Waals surface area contributed by atoms with Crippen LogP contribution < -0.4 is 0 Å². The van der Waals surface area contributed by atoms with Crippen molar-refractivity contribution in [1.29, 1.82) is 0 Å². The van der Waals surface area contributed by atoms with E-state index in [1.54, 1.807) is 36.3 Å². The van der Waals surface area contributed by atoms with Gasteiger partial charge in [0.05, 0.1) is 36.5 Å². The van der Waals surface area contributed by atoms with Gasteiger partial charge in [-0.05, 0) is 53.4 Å². The lowest BCUT2D eigenvalue weighted by atomic mass is 9.92. The Balaban J connectivity index is 2.27. The molecule has 0 amide bonds. The molecule has 0 N–H and O–H groups in total. The van der Waals surface area contributed by atoms with Gasteiger partial charge in [-0.25, -0.2) is 9.78 Å². The second-order valence-electron chi connectivity index (χ2n) is 6.73. The highest BCUT2D eigenvalue weighted by atomic mass is 19.4. The number of carbonyl (C=O) groups is 1. The summed E-state index contributed by atoms with van der Waals surface area (Å²) < 4.78 is 52.7. The van der Waals surface area contributed by atoms with Crippen molar-refractivity contribution in [2.75, 3.05) is 20.8 Å². The van der Waals surface area contributed by atoms with Gasteiger partial charge in [-0.3, -0.25) is 0 Å². The van der Waals surface area contributed by atoms with Gasteiger partial charge in [-0.15, -0.1) is 0 Å². The summed E-state index contributed by atoms with van der Waals surface area (Å²) in [6, 6.07) is 5.79. The van der Waals surface area contributed by atoms with Crippen LogP contribution in [-0.4, -0.2) is 36.3 Å². The number of benzene rings is 2. The minimum absolute atomic E-state index is 0.125. The van der Waals surface area contributed by atoms with Crippen molar-refractivity contribution in [1.82, 2.24) is 9.55 Å². The maximum absolute atomic E-state index is 13.7. The summed E-state index contributed by atoms with van der Waals surface area (Å²) in [6.07, 6.45) is -0.720. The molecule has 1 aromatic heterocycles. The number of carbonyl (C=O) groups excluding carboxylic acids is 1. The quantitative estimate of drug-likeness (QED) is 0.443. The Labute approximate surface area is 166 Å². The Morgan fingerprint density at radius 2 is 1.93 bits per heavy atom. The number of imidazole rings is 1. The molecule has 0 spiro atoms. The van der Waals surface area contributed by atoms with Crippen LogP contribution in [0.2, 0.25) is 0 Å². The Bertz CT molecular complexity index is 1040. The van der Waals surface area contributed by atoms with Crippen molar-refractivity contribution >= 4 is 16.7 Å². The molecule has 0 aliphatic carbocycles. The van der Waals surface area contributed by atoms with Gasteiger partial charge in [0.2, 0.25) is 0 Å². The minimum atomic E-state index is -4.51. The van der Waals surface area contributed by atoms with E-state index in [1.807, 2.05) is 0 Å². The van der Waals surface area contributed by atoms with E-state index in [2.05, 4.69) is 4.98 Å². The number of rotatable bonds is 6. The van der Waals surface area contributed by atoms with Gasteiger partial charge in [0.25, 0.3) is 0 Å². The molecule has 0 bridgehead atoms. The molecule has 8 heteroatoms. The second-order valence-corrected chi connectivity index (χ2v) is 6.73. The van der Waals surface area contributed by atoms with Gasteiger partial charge < -0.3 is 14.0 Å². The van der Waals surface area contributed by atoms with Crippen LogP contribution in [0.3, 0.4) is 0 Å². The highest BCUT2D eigenvalue weighted by molar-refractivity contribution is 6.06. The highest BCUT2D eigenvalue weighted by Gasteiger charge is 2.34. The zero-order valence-electron chi connectivity index (χ0n) is 16.3. The smallest absolute Gasteiger partial charge is 0.416 e. The molecule has 0 aliphatic heterocycles. The maximum Gasteiger partial charge on any atom is 0.416 e. The topological polar surface area (TPSA) is 53.4 Å². The van der Waals surface area contributed by atoms with E-state index in [0.29, 0.717) is 35.1 Å². The van der Waals surface area contributed by atoms with Crippen molar-refractivity contribution in [3.8, 4) is 11.3 Å². The van der Waals surface area contributed by atoms with Crippen LogP contribution >= 0.6 is 0 Å². The van der Waals surface area contributed by atoms with Crippen molar-refractivity contribution in [3.63, 3.8) is 0 Å². The fourth-order valence-electron chi connectivity index (χ4n) is 3.40. The molecule has 5 nitrogen and oxygen atoms in total. The molecule has 154 valence electrons. The van der Waals surface area contributed by atoms with Gasteiger partial charge >= 0.3 is 12.1 Å². The summed E-state index contributed by atoms with van der Waals surface area (Å²) in [5.74, 6) is -0.610. The number of alkyl halides is 3. The zero-order valence-corrected chi connectivity index (χ0v) is 16.3. The first-order valence-corrected chi connectivity index (χ1v) is 8.98. The lowest BCUT2D eigenvalue weighted by Crippen LogP contribution is -2.11. The largest absolute Gasteiger partial charge is 0.465 e. The first-order valence-electron chi connectivity index (χ1n) is 8.98. The van der Waals surface area contributed by atoms with E-state index in [4.69, 9.17) is 9.47 Å². The average Bonchev–Trinajstić information content (AvgIpc) is 3.11. The van der Waals surface area contributed by atoms with E-state index in [-0.39, 0.29) is 17.5 Å². The number of methoxy groups -OCH3 is 2. The Hall–Kier alpha value is -2.87. The van der Waals surface area contributed by atoms with Crippen LogP contribution in [0.5, 0.6) is 0 Å². The average molecular weight is 406 g/mol. The number of halogens is 3. The predicted octanol–water partition coefficient (Wildman–Crippen LogP) is 4.62. The Kier molecular flexibility index (Phi) is 5.93. The zero-order chi connectivity index (χ0) is 21.2. The molecule has 3 rings (SSSR count). The van der Waals surface area contributed by atoms with E-state index in [0.717, 1.165) is 6.07 Å². The third-order valence-corrected chi connectivity index (χ3v) is 4.79. The van der Waals surface area contributed by atoms with Crippen LogP contribution in [0.4, 0.5) is 13.2 Å². The molecule has 3 aromatic rings. The van der Waals surface area contributed by atoms with E-state index >= 15 is 0 Å². The van der Waals surface area contributed by atoms with Crippen molar-refractivity contribution in [2.24, 2.45) is 7.05 Å². The SMILES string of the molecule is COCCCc1cc2c(C(=O)OC)cc(-c3cncn3C)cc2cc1C(F)(F)F. The lowest BCUT2D eigenvalue weighted by Gasteiger charge is -2.17. The van der Waals surface area contributed by atoms with Crippen LogP contribution in [0.15, 0.2) is 36.8 Å². The number of aromatic nitrogens is 2. The fraction of sp³-hybridized carbons (Fsp3) is 0.333. The Morgan fingerprint density at radius 3 is 2.52 bits per heavy atom. The van der Waals surface area contributed by atoms with Gasteiger partial charge in [-0.2, -0.15) is 13.2 Å². The van der Waals surface area contributed by atoms with E-state index < -0.39 is 17.7 Å². The highest BCUT2D eigenvalue weighted by Crippen LogP contribution is 2.37. The summed E-state index contributed by atoms with van der Waals surface area (Å²) >= 11 is 0. The second kappa shape index (κ2) is 8.24. The summed E-state index contributed by atoms with van der Waals surface area (Å²) in [5, 5.41) is 0.732. The molecule has 0 atom stereocenters. The van der Waals surface area contributed by atoms with Gasteiger partial charge in [0.15, 0.2) is 0 Å². The standard InChI is InChI=1S/C21H21F3N2O3/c1-26-12-25-11-19(26)15-7-14-10-18(21(22,23)24)13(5-4-6-28-2)8-16(14)17(9-15)20(27)29-3/h7-12H,4-6H2,1-3H3. The number of fused-ring (bicyclic) bond motifs is 1. The molecule has 29 heavy (non-hydrogen) atoms. The molecule has 0 aliphatic rings. The summed E-state index contributed by atoms with van der Waals surface area (Å²) in [7, 11) is 4.51. The summed E-state index contributed by atoms with van der Waals surface area (Å²) in [5.41, 5.74) is 0.885. The number of nitrogens with zero attached hydrogens (tertiary/aromatic N) is 2. The minimum Gasteiger partial charge on any atom is -0.465 e. The molecule has 0 saturated heterocycles. The molecular formula is C21H21F3N2O3. The van der Waals surface area contributed by atoms with Crippen molar-refractivity contribution in [2.45, 2.75) is 19.0 Å². The number of ether oxygens (including phenoxy) is 2. The molecule has 0 unspecified atom stereocenters. The molecule has 0 fully saturated rings. The van der Waals surface area contributed by atoms with Gasteiger partial charge in [0.1, 0.15) is 0 Å². The third kappa shape index (κ3) is 4.27. The fourth-order valence-corrected chi connectivity index (χ4v) is 3.40. The predicted molar refractivity (Wildman–Crippen MR) is 103 cm³/mol. The molecule has 0 saturated carbocycles. The number of hydrogen-bond donors (Lipinski definition) is 0. The lowest BCUT2D eigenvalue weighted by molar-refractivity contribution is -0.138. The van der Waals surface area contributed by atoms with E-state index in [1.165, 1.54) is 20.3 Å². The number of esters is 1. The normalized spacial score (nSPS) is 11.8. The monoisotopic (exact) mass is 406 g/mol. The van der Waals surface area contributed by atoms with Gasteiger partial charge in [0, 0.05) is 26.3 Å². The van der Waals surface area contributed by atoms with Crippen LogP contribution in [0.1, 0.15) is 27.9 Å². The molecule has 0 radical (unpaired) electrons.